The number of phenols is 2. The van der Waals surface area contributed by atoms with Crippen molar-refractivity contribution in [3.8, 4) is 11.5 Å². The molecule has 0 fully saturated rings. The third-order valence-corrected chi connectivity index (χ3v) is 2.89. The molecular formula is C12H14O3. The predicted molar refractivity (Wildman–Crippen MR) is 56.3 cm³/mol. The first-order chi connectivity index (χ1) is 7.20. The van der Waals surface area contributed by atoms with Crippen molar-refractivity contribution >= 4 is 5.78 Å². The van der Waals surface area contributed by atoms with Crippen molar-refractivity contribution in [3.63, 3.8) is 0 Å². The van der Waals surface area contributed by atoms with Crippen LogP contribution in [0.3, 0.4) is 0 Å². The zero-order valence-corrected chi connectivity index (χ0v) is 8.49. The number of benzene rings is 1. The van der Waals surface area contributed by atoms with Crippen molar-refractivity contribution in [2.75, 3.05) is 0 Å². The van der Waals surface area contributed by atoms with Gasteiger partial charge in [-0.25, -0.2) is 0 Å². The normalized spacial score (nSPS) is 16.7. The zero-order valence-electron chi connectivity index (χ0n) is 8.49. The highest BCUT2D eigenvalue weighted by molar-refractivity contribution is 5.98. The van der Waals surface area contributed by atoms with Crippen LogP contribution < -0.4 is 0 Å². The molecule has 80 valence electrons. The first kappa shape index (κ1) is 10.0. The number of carbonyl (C=O) groups is 1. The molecular weight excluding hydrogens is 192 g/mol. The molecule has 0 aromatic heterocycles. The van der Waals surface area contributed by atoms with E-state index in [1.54, 1.807) is 6.07 Å². The first-order valence-corrected chi connectivity index (χ1v) is 5.27. The van der Waals surface area contributed by atoms with Crippen LogP contribution >= 0.6 is 0 Å². The number of ketones is 1. The minimum absolute atomic E-state index is 0.0694. The van der Waals surface area contributed by atoms with Crippen LogP contribution in [-0.2, 0) is 6.42 Å². The average molecular weight is 206 g/mol. The lowest BCUT2D eigenvalue weighted by molar-refractivity contribution is 0.0975. The van der Waals surface area contributed by atoms with Gasteiger partial charge in [-0.05, 0) is 31.4 Å². The summed E-state index contributed by atoms with van der Waals surface area (Å²) in [7, 11) is 0. The lowest BCUT2D eigenvalue weighted by Gasteiger charge is -2.14. The molecule has 15 heavy (non-hydrogen) atoms. The summed E-state index contributed by atoms with van der Waals surface area (Å²) in [5.74, 6) is -0.190. The van der Waals surface area contributed by atoms with Gasteiger partial charge in [0, 0.05) is 17.5 Å². The van der Waals surface area contributed by atoms with E-state index in [2.05, 4.69) is 0 Å². The van der Waals surface area contributed by atoms with Crippen LogP contribution in [0.2, 0.25) is 0 Å². The van der Waals surface area contributed by atoms with E-state index >= 15 is 0 Å². The summed E-state index contributed by atoms with van der Waals surface area (Å²) in [5, 5.41) is 19.0. The Kier molecular flexibility index (Phi) is 2.62. The van der Waals surface area contributed by atoms with Crippen molar-refractivity contribution in [3.05, 3.63) is 23.3 Å². The monoisotopic (exact) mass is 206 g/mol. The molecule has 3 heteroatoms. The molecule has 0 saturated heterocycles. The van der Waals surface area contributed by atoms with Crippen molar-refractivity contribution in [1.29, 1.82) is 0 Å². The maximum Gasteiger partial charge on any atom is 0.163 e. The van der Waals surface area contributed by atoms with Gasteiger partial charge >= 0.3 is 0 Å². The molecule has 0 spiro atoms. The highest BCUT2D eigenvalue weighted by Crippen LogP contribution is 2.34. The van der Waals surface area contributed by atoms with E-state index < -0.39 is 0 Å². The SMILES string of the molecule is O=C1CCCCCc2c1ccc(O)c2O. The minimum atomic E-state index is -0.137. The highest BCUT2D eigenvalue weighted by Gasteiger charge is 2.18. The molecule has 2 N–H and O–H groups in total. The van der Waals surface area contributed by atoms with Crippen molar-refractivity contribution < 1.29 is 15.0 Å². The molecule has 2 rings (SSSR count). The Balaban J connectivity index is 2.51. The predicted octanol–water partition coefficient (Wildman–Crippen LogP) is 2.40. The summed E-state index contributed by atoms with van der Waals surface area (Å²) < 4.78 is 0. The maximum absolute atomic E-state index is 11.7. The van der Waals surface area contributed by atoms with Gasteiger partial charge in [0.25, 0.3) is 0 Å². The van der Waals surface area contributed by atoms with E-state index in [4.69, 9.17) is 0 Å². The fourth-order valence-electron chi connectivity index (χ4n) is 2.04. The second-order valence-electron chi connectivity index (χ2n) is 3.94. The summed E-state index contributed by atoms with van der Waals surface area (Å²) in [6.45, 7) is 0. The van der Waals surface area contributed by atoms with Crippen molar-refractivity contribution in [2.24, 2.45) is 0 Å². The van der Waals surface area contributed by atoms with E-state index in [9.17, 15) is 15.0 Å². The lowest BCUT2D eigenvalue weighted by Crippen LogP contribution is -2.07. The van der Waals surface area contributed by atoms with Gasteiger partial charge in [-0.3, -0.25) is 4.79 Å². The summed E-state index contributed by atoms with van der Waals surface area (Å²) >= 11 is 0. The molecule has 1 aliphatic rings. The van der Waals surface area contributed by atoms with E-state index in [-0.39, 0.29) is 17.3 Å². The number of hydrogen-bond donors (Lipinski definition) is 2. The van der Waals surface area contributed by atoms with Gasteiger partial charge in [-0.1, -0.05) is 6.42 Å². The fourth-order valence-corrected chi connectivity index (χ4v) is 2.04. The largest absolute Gasteiger partial charge is 0.504 e. The molecule has 3 nitrogen and oxygen atoms in total. The van der Waals surface area contributed by atoms with E-state index in [1.165, 1.54) is 6.07 Å². The van der Waals surface area contributed by atoms with Gasteiger partial charge in [0.05, 0.1) is 0 Å². The highest BCUT2D eigenvalue weighted by atomic mass is 16.3. The summed E-state index contributed by atoms with van der Waals surface area (Å²) in [5.41, 5.74) is 1.18. The third kappa shape index (κ3) is 1.82. The van der Waals surface area contributed by atoms with Gasteiger partial charge in [-0.15, -0.1) is 0 Å². The average Bonchev–Trinajstić information content (AvgIpc) is 2.20. The van der Waals surface area contributed by atoms with Crippen LogP contribution in [0, 0.1) is 0 Å². The Morgan fingerprint density at radius 1 is 1.00 bits per heavy atom. The van der Waals surface area contributed by atoms with Crippen LogP contribution in [0.5, 0.6) is 11.5 Å². The van der Waals surface area contributed by atoms with Gasteiger partial charge in [0.1, 0.15) is 0 Å². The molecule has 1 aromatic carbocycles. The molecule has 0 amide bonds. The van der Waals surface area contributed by atoms with Gasteiger partial charge in [0.15, 0.2) is 17.3 Å². The number of hydrogen-bond acceptors (Lipinski definition) is 3. The molecule has 1 aliphatic carbocycles. The van der Waals surface area contributed by atoms with Gasteiger partial charge in [0.2, 0.25) is 0 Å². The molecule has 0 radical (unpaired) electrons. The number of phenolic OH excluding ortho intramolecular Hbond substituents is 2. The molecule has 0 bridgehead atoms. The molecule has 0 aliphatic heterocycles. The first-order valence-electron chi connectivity index (χ1n) is 5.27. The number of Topliss-reactive ketones (excluding diaryl/α,β-unsaturated/α-hetero) is 1. The number of carbonyl (C=O) groups excluding carboxylic acids is 1. The van der Waals surface area contributed by atoms with Gasteiger partial charge in [-0.2, -0.15) is 0 Å². The summed E-state index contributed by atoms with van der Waals surface area (Å²) in [4.78, 5) is 11.7. The van der Waals surface area contributed by atoms with Crippen LogP contribution in [0.15, 0.2) is 12.1 Å². The second-order valence-corrected chi connectivity index (χ2v) is 3.94. The van der Waals surface area contributed by atoms with Crippen molar-refractivity contribution in [1.82, 2.24) is 0 Å². The maximum atomic E-state index is 11.7. The topological polar surface area (TPSA) is 57.5 Å². The summed E-state index contributed by atoms with van der Waals surface area (Å²) in [6.07, 6.45) is 4.08. The lowest BCUT2D eigenvalue weighted by atomic mass is 9.91. The van der Waals surface area contributed by atoms with Crippen LogP contribution in [0.1, 0.15) is 41.6 Å². The summed E-state index contributed by atoms with van der Waals surface area (Å²) in [6, 6.07) is 2.99. The second kappa shape index (κ2) is 3.93. The third-order valence-electron chi connectivity index (χ3n) is 2.89. The fraction of sp³-hybridized carbons (Fsp3) is 0.417. The quantitative estimate of drug-likeness (QED) is 0.641. The number of fused-ring (bicyclic) bond motifs is 1. The van der Waals surface area contributed by atoms with Crippen LogP contribution in [-0.4, -0.2) is 16.0 Å². The standard InChI is InChI=1S/C12H14O3/c13-10-5-3-1-2-4-9-8(10)6-7-11(14)12(9)15/h6-7,14-15H,1-5H2. The Morgan fingerprint density at radius 2 is 1.73 bits per heavy atom. The number of aromatic hydroxyl groups is 2. The Hall–Kier alpha value is -1.51. The molecule has 0 unspecified atom stereocenters. The van der Waals surface area contributed by atoms with E-state index in [0.717, 1.165) is 19.3 Å². The Bertz CT molecular complexity index is 396. The van der Waals surface area contributed by atoms with Crippen molar-refractivity contribution in [2.45, 2.75) is 32.1 Å². The molecule has 0 saturated carbocycles. The Labute approximate surface area is 88.4 Å². The number of rotatable bonds is 0. The molecule has 0 heterocycles. The van der Waals surface area contributed by atoms with Gasteiger partial charge < -0.3 is 10.2 Å². The zero-order chi connectivity index (χ0) is 10.8. The Morgan fingerprint density at radius 3 is 2.53 bits per heavy atom. The van der Waals surface area contributed by atoms with E-state index in [0.29, 0.717) is 24.0 Å². The molecule has 0 atom stereocenters. The van der Waals surface area contributed by atoms with Crippen LogP contribution in [0.4, 0.5) is 0 Å². The van der Waals surface area contributed by atoms with Crippen LogP contribution in [0.25, 0.3) is 0 Å². The van der Waals surface area contributed by atoms with E-state index in [1.807, 2.05) is 0 Å². The molecule has 1 aromatic rings. The minimum Gasteiger partial charge on any atom is -0.504 e. The smallest absolute Gasteiger partial charge is 0.163 e.